The molecule has 4 nitrogen and oxygen atoms in total. The van der Waals surface area contributed by atoms with Gasteiger partial charge in [0, 0.05) is 33.0 Å². The number of hydrogen-bond donors (Lipinski definition) is 0. The first-order valence-corrected chi connectivity index (χ1v) is 10.0. The number of carbonyl (C=O) groups excluding carboxylic acids is 2. The lowest BCUT2D eigenvalue weighted by atomic mass is 9.83. The van der Waals surface area contributed by atoms with E-state index in [-0.39, 0.29) is 17.7 Å². The van der Waals surface area contributed by atoms with Crippen LogP contribution < -0.4 is 0 Å². The van der Waals surface area contributed by atoms with E-state index in [9.17, 15) is 9.59 Å². The summed E-state index contributed by atoms with van der Waals surface area (Å²) in [6.45, 7) is 4.46. The molecule has 0 spiro atoms. The lowest BCUT2D eigenvalue weighted by Gasteiger charge is -2.40. The normalized spacial score (nSPS) is 19.1. The largest absolute Gasteiger partial charge is 0.347 e. The number of hydrogen-bond acceptors (Lipinski definition) is 2. The average molecular weight is 379 g/mol. The molecule has 0 aromatic heterocycles. The van der Waals surface area contributed by atoms with Crippen molar-refractivity contribution in [2.24, 2.45) is 5.92 Å². The van der Waals surface area contributed by atoms with Crippen LogP contribution in [-0.2, 0) is 16.0 Å². The number of likely N-dealkylation sites (tertiary alicyclic amines) is 1. The van der Waals surface area contributed by atoms with Gasteiger partial charge in [-0.1, -0.05) is 68.4 Å². The fourth-order valence-electron chi connectivity index (χ4n) is 4.30. The summed E-state index contributed by atoms with van der Waals surface area (Å²) in [5.74, 6) is -0.0523. The van der Waals surface area contributed by atoms with Gasteiger partial charge in [-0.2, -0.15) is 0 Å². The van der Waals surface area contributed by atoms with Crippen LogP contribution in [0.25, 0.3) is 11.1 Å². The molecule has 2 aromatic rings. The van der Waals surface area contributed by atoms with Crippen LogP contribution in [0.15, 0.2) is 54.6 Å². The maximum absolute atomic E-state index is 13.4. The van der Waals surface area contributed by atoms with E-state index in [2.05, 4.69) is 24.3 Å². The van der Waals surface area contributed by atoms with Gasteiger partial charge in [0.1, 0.15) is 5.54 Å². The Morgan fingerprint density at radius 3 is 2.32 bits per heavy atom. The molecular weight excluding hydrogens is 348 g/mol. The Morgan fingerprint density at radius 2 is 1.68 bits per heavy atom. The molecule has 0 N–H and O–H groups in total. The Labute approximate surface area is 168 Å². The molecular formula is C24H30N2O2. The maximum Gasteiger partial charge on any atom is 0.248 e. The molecule has 0 saturated carbocycles. The molecule has 2 amide bonds. The summed E-state index contributed by atoms with van der Waals surface area (Å²) in [5.41, 5.74) is 2.55. The Kier molecular flexibility index (Phi) is 5.87. The number of benzene rings is 2. The third kappa shape index (κ3) is 3.68. The van der Waals surface area contributed by atoms with Gasteiger partial charge in [0.2, 0.25) is 11.8 Å². The molecule has 1 unspecified atom stereocenters. The highest BCUT2D eigenvalue weighted by Gasteiger charge is 2.50. The first-order valence-electron chi connectivity index (χ1n) is 10.0. The SMILES string of the molecule is CC(C)C(=O)N1CCCC1(Cc1ccccc1-c1ccccc1)C(=O)N(C)C. The highest BCUT2D eigenvalue weighted by Crippen LogP contribution is 2.38. The molecule has 0 aliphatic carbocycles. The Morgan fingerprint density at radius 1 is 1.04 bits per heavy atom. The lowest BCUT2D eigenvalue weighted by Crippen LogP contribution is -2.59. The third-order valence-electron chi connectivity index (χ3n) is 5.64. The molecule has 1 aliphatic rings. The zero-order valence-corrected chi connectivity index (χ0v) is 17.3. The second-order valence-corrected chi connectivity index (χ2v) is 8.18. The Hall–Kier alpha value is -2.62. The Balaban J connectivity index is 2.08. The predicted molar refractivity (Wildman–Crippen MR) is 113 cm³/mol. The van der Waals surface area contributed by atoms with Crippen LogP contribution in [0.5, 0.6) is 0 Å². The fraction of sp³-hybridized carbons (Fsp3) is 0.417. The highest BCUT2D eigenvalue weighted by atomic mass is 16.2. The molecule has 1 atom stereocenters. The van der Waals surface area contributed by atoms with Crippen molar-refractivity contribution in [1.82, 2.24) is 9.80 Å². The van der Waals surface area contributed by atoms with Gasteiger partial charge in [-0.3, -0.25) is 9.59 Å². The zero-order valence-electron chi connectivity index (χ0n) is 17.3. The first kappa shape index (κ1) is 20.1. The average Bonchev–Trinajstić information content (AvgIpc) is 3.12. The van der Waals surface area contributed by atoms with Gasteiger partial charge in [-0.25, -0.2) is 0 Å². The van der Waals surface area contributed by atoms with Crippen LogP contribution in [0, 0.1) is 5.92 Å². The molecule has 1 saturated heterocycles. The molecule has 1 heterocycles. The second-order valence-electron chi connectivity index (χ2n) is 8.18. The summed E-state index contributed by atoms with van der Waals surface area (Å²) in [5, 5.41) is 0. The van der Waals surface area contributed by atoms with Crippen molar-refractivity contribution in [3.63, 3.8) is 0 Å². The quantitative estimate of drug-likeness (QED) is 0.789. The topological polar surface area (TPSA) is 40.6 Å². The molecule has 2 aromatic carbocycles. The van der Waals surface area contributed by atoms with Gasteiger partial charge in [0.25, 0.3) is 0 Å². The molecule has 28 heavy (non-hydrogen) atoms. The minimum atomic E-state index is -0.810. The van der Waals surface area contributed by atoms with Gasteiger partial charge in [0.05, 0.1) is 0 Å². The monoisotopic (exact) mass is 378 g/mol. The van der Waals surface area contributed by atoms with E-state index in [1.165, 1.54) is 0 Å². The minimum Gasteiger partial charge on any atom is -0.347 e. The van der Waals surface area contributed by atoms with Crippen molar-refractivity contribution in [2.75, 3.05) is 20.6 Å². The molecule has 1 fully saturated rings. The summed E-state index contributed by atoms with van der Waals surface area (Å²) in [6.07, 6.45) is 2.09. The second kappa shape index (κ2) is 8.17. The van der Waals surface area contributed by atoms with E-state index in [1.807, 2.05) is 49.1 Å². The number of amides is 2. The van der Waals surface area contributed by atoms with E-state index in [0.29, 0.717) is 19.4 Å². The molecule has 3 rings (SSSR count). The summed E-state index contributed by atoms with van der Waals surface area (Å²) in [6, 6.07) is 18.5. The number of rotatable bonds is 5. The summed E-state index contributed by atoms with van der Waals surface area (Å²) in [4.78, 5) is 29.9. The minimum absolute atomic E-state index is 0.0156. The van der Waals surface area contributed by atoms with Gasteiger partial charge in [-0.15, -0.1) is 0 Å². The van der Waals surface area contributed by atoms with Gasteiger partial charge in [0.15, 0.2) is 0 Å². The smallest absolute Gasteiger partial charge is 0.248 e. The van der Waals surface area contributed by atoms with Crippen molar-refractivity contribution in [3.05, 3.63) is 60.2 Å². The first-order chi connectivity index (χ1) is 13.4. The van der Waals surface area contributed by atoms with E-state index >= 15 is 0 Å². The van der Waals surface area contributed by atoms with Crippen LogP contribution in [0.3, 0.4) is 0 Å². The molecule has 148 valence electrons. The van der Waals surface area contributed by atoms with Crippen LogP contribution >= 0.6 is 0 Å². The van der Waals surface area contributed by atoms with Crippen LogP contribution in [0.4, 0.5) is 0 Å². The summed E-state index contributed by atoms with van der Waals surface area (Å²) in [7, 11) is 3.56. The van der Waals surface area contributed by atoms with Crippen molar-refractivity contribution >= 4 is 11.8 Å². The maximum atomic E-state index is 13.4. The van der Waals surface area contributed by atoms with Crippen molar-refractivity contribution in [2.45, 2.75) is 38.6 Å². The standard InChI is InChI=1S/C24H30N2O2/c1-18(2)22(27)26-16-10-15-24(26,23(28)25(3)4)17-20-13-8-9-14-21(20)19-11-6-5-7-12-19/h5-9,11-14,18H,10,15-17H2,1-4H3. The number of carbonyl (C=O) groups is 2. The fourth-order valence-corrected chi connectivity index (χ4v) is 4.30. The summed E-state index contributed by atoms with van der Waals surface area (Å²) >= 11 is 0. The van der Waals surface area contributed by atoms with E-state index in [0.717, 1.165) is 23.1 Å². The van der Waals surface area contributed by atoms with E-state index in [4.69, 9.17) is 0 Å². The molecule has 1 aliphatic heterocycles. The van der Waals surface area contributed by atoms with Gasteiger partial charge in [-0.05, 0) is 29.5 Å². The van der Waals surface area contributed by atoms with Crippen LogP contribution in [0.1, 0.15) is 32.3 Å². The van der Waals surface area contributed by atoms with Crippen molar-refractivity contribution < 1.29 is 9.59 Å². The lowest BCUT2D eigenvalue weighted by molar-refractivity contribution is -0.151. The number of likely N-dealkylation sites (N-methyl/N-ethyl adjacent to an activating group) is 1. The molecule has 0 bridgehead atoms. The summed E-state index contributed by atoms with van der Waals surface area (Å²) < 4.78 is 0. The Bertz CT molecular complexity index is 845. The van der Waals surface area contributed by atoms with Gasteiger partial charge >= 0.3 is 0 Å². The highest BCUT2D eigenvalue weighted by molar-refractivity contribution is 5.93. The number of nitrogens with zero attached hydrogens (tertiary/aromatic N) is 2. The molecule has 4 heteroatoms. The predicted octanol–water partition coefficient (Wildman–Crippen LogP) is 4.00. The van der Waals surface area contributed by atoms with Crippen LogP contribution in [0.2, 0.25) is 0 Å². The zero-order chi connectivity index (χ0) is 20.3. The third-order valence-corrected chi connectivity index (χ3v) is 5.64. The molecule has 0 radical (unpaired) electrons. The van der Waals surface area contributed by atoms with Gasteiger partial charge < -0.3 is 9.80 Å². The van der Waals surface area contributed by atoms with Crippen molar-refractivity contribution in [1.29, 1.82) is 0 Å². The van der Waals surface area contributed by atoms with E-state index < -0.39 is 5.54 Å². The van der Waals surface area contributed by atoms with Crippen LogP contribution in [-0.4, -0.2) is 47.8 Å². The van der Waals surface area contributed by atoms with E-state index in [1.54, 1.807) is 19.0 Å². The van der Waals surface area contributed by atoms with Crippen molar-refractivity contribution in [3.8, 4) is 11.1 Å².